The molecule has 1 rings (SSSR count). The summed E-state index contributed by atoms with van der Waals surface area (Å²) in [4.78, 5) is 45.7. The highest BCUT2D eigenvalue weighted by Gasteiger charge is 2.32. The van der Waals surface area contributed by atoms with Crippen LogP contribution >= 0.6 is 11.8 Å². The van der Waals surface area contributed by atoms with Gasteiger partial charge in [-0.2, -0.15) is 13.2 Å². The van der Waals surface area contributed by atoms with Crippen molar-refractivity contribution in [3.05, 3.63) is 29.3 Å². The molecule has 0 unspecified atom stereocenters. The van der Waals surface area contributed by atoms with Crippen LogP contribution in [0, 0.1) is 0 Å². The number of nitrogens with one attached hydrogen (secondary N) is 1. The van der Waals surface area contributed by atoms with Crippen LogP contribution in [0.4, 0.5) is 13.2 Å². The number of hydrogen-bond acceptors (Lipinski definition) is 7. The highest BCUT2D eigenvalue weighted by atomic mass is 32.2. The van der Waals surface area contributed by atoms with E-state index in [9.17, 15) is 32.3 Å². The van der Waals surface area contributed by atoms with E-state index in [1.165, 1.54) is 0 Å². The first-order chi connectivity index (χ1) is 12.6. The maximum atomic E-state index is 12.8. The first-order valence-electron chi connectivity index (χ1n) is 7.53. The summed E-state index contributed by atoms with van der Waals surface area (Å²) in [5.41, 5.74) is -1.37. The fraction of sp³-hybridized carbons (Fsp3) is 0.375. The number of rotatable bonds is 8. The number of thioether (sulfide) groups is 1. The number of amides is 1. The molecule has 0 aliphatic heterocycles. The van der Waals surface area contributed by atoms with E-state index in [-0.39, 0.29) is 24.3 Å². The average Bonchev–Trinajstić information content (AvgIpc) is 2.57. The Hall–Kier alpha value is -2.56. The smallest absolute Gasteiger partial charge is 0.416 e. The second-order valence-corrected chi connectivity index (χ2v) is 5.98. The van der Waals surface area contributed by atoms with Crippen LogP contribution in [0.3, 0.4) is 0 Å². The summed E-state index contributed by atoms with van der Waals surface area (Å²) in [6.07, 6.45) is -4.43. The van der Waals surface area contributed by atoms with Gasteiger partial charge >= 0.3 is 18.1 Å². The molecule has 1 N–H and O–H groups in total. The summed E-state index contributed by atoms with van der Waals surface area (Å²) in [5, 5.41) is 1.44. The molecule has 0 spiro atoms. The molecular weight excluding hydrogens is 391 g/mol. The summed E-state index contributed by atoms with van der Waals surface area (Å²) in [7, 11) is 0. The molecule has 0 bridgehead atoms. The first-order valence-corrected chi connectivity index (χ1v) is 8.51. The molecule has 27 heavy (non-hydrogen) atoms. The molecule has 0 saturated carbocycles. The highest BCUT2D eigenvalue weighted by molar-refractivity contribution is 8.14. The molecule has 1 atom stereocenters. The minimum absolute atomic E-state index is 0.0595. The lowest BCUT2D eigenvalue weighted by Gasteiger charge is -2.15. The number of halogens is 3. The second kappa shape index (κ2) is 9.95. The monoisotopic (exact) mass is 407 g/mol. The lowest BCUT2D eigenvalue weighted by atomic mass is 10.1. The fourth-order valence-electron chi connectivity index (χ4n) is 1.85. The van der Waals surface area contributed by atoms with Crippen LogP contribution in [-0.4, -0.2) is 41.9 Å². The van der Waals surface area contributed by atoms with Crippen molar-refractivity contribution in [1.29, 1.82) is 0 Å². The quantitative estimate of drug-likeness (QED) is 0.401. The van der Waals surface area contributed by atoms with Crippen molar-refractivity contribution >= 4 is 35.2 Å². The molecule has 1 aromatic rings. The summed E-state index contributed by atoms with van der Waals surface area (Å²) in [5.74, 6) is -2.44. The summed E-state index contributed by atoms with van der Waals surface area (Å²) in [6, 6.07) is 0.973. The van der Waals surface area contributed by atoms with Crippen molar-refractivity contribution in [2.75, 3.05) is 12.4 Å². The fourth-order valence-corrected chi connectivity index (χ4v) is 2.73. The van der Waals surface area contributed by atoms with E-state index >= 15 is 0 Å². The third-order valence-electron chi connectivity index (χ3n) is 3.00. The molecule has 7 nitrogen and oxygen atoms in total. The average molecular weight is 407 g/mol. The second-order valence-electron chi connectivity index (χ2n) is 4.99. The number of ether oxygens (including phenoxy) is 2. The minimum atomic E-state index is -4.69. The summed E-state index contributed by atoms with van der Waals surface area (Å²) >= 11 is 0.553. The van der Waals surface area contributed by atoms with Gasteiger partial charge in [0, 0.05) is 12.7 Å². The zero-order valence-corrected chi connectivity index (χ0v) is 15.1. The Morgan fingerprint density at radius 3 is 2.48 bits per heavy atom. The summed E-state index contributed by atoms with van der Waals surface area (Å²) < 4.78 is 47.9. The minimum Gasteiger partial charge on any atom is -0.464 e. The van der Waals surface area contributed by atoms with Gasteiger partial charge in [-0.05, 0) is 25.1 Å². The van der Waals surface area contributed by atoms with Gasteiger partial charge < -0.3 is 14.8 Å². The van der Waals surface area contributed by atoms with Gasteiger partial charge in [0.1, 0.15) is 11.8 Å². The zero-order valence-electron chi connectivity index (χ0n) is 14.3. The maximum absolute atomic E-state index is 12.8. The Kier molecular flexibility index (Phi) is 8.29. The number of hydrogen-bond donors (Lipinski definition) is 1. The maximum Gasteiger partial charge on any atom is 0.416 e. The molecule has 0 radical (unpaired) electrons. The normalized spacial score (nSPS) is 12.0. The molecule has 11 heteroatoms. The SMILES string of the molecule is CCOC(=O)[C@H](CSC(=O)c1ccc(C(F)(F)F)cc1OC(C)=O)NC=O. The number of carbonyl (C=O) groups excluding carboxylic acids is 4. The standard InChI is InChI=1S/C16H16F3NO6S/c1-3-25-14(23)12(20-8-21)7-27-15(24)11-5-4-10(16(17,18)19)6-13(11)26-9(2)22/h4-6,8,12H,3,7H2,1-2H3,(H,20,21)/t12-/m0/s1. The Balaban J connectivity index is 3.02. The van der Waals surface area contributed by atoms with E-state index in [0.29, 0.717) is 23.9 Å². The largest absolute Gasteiger partial charge is 0.464 e. The predicted molar refractivity (Wildman–Crippen MR) is 89.2 cm³/mol. The van der Waals surface area contributed by atoms with Crippen molar-refractivity contribution < 1.29 is 41.8 Å². The molecule has 1 amide bonds. The van der Waals surface area contributed by atoms with Crippen LogP contribution in [0.25, 0.3) is 0 Å². The van der Waals surface area contributed by atoms with Crippen molar-refractivity contribution in [1.82, 2.24) is 5.32 Å². The third-order valence-corrected chi connectivity index (χ3v) is 3.99. The van der Waals surface area contributed by atoms with Crippen molar-refractivity contribution in [3.8, 4) is 5.75 Å². The van der Waals surface area contributed by atoms with Crippen LogP contribution in [-0.2, 0) is 25.3 Å². The number of carbonyl (C=O) groups is 4. The Labute approximate surface area is 156 Å². The van der Waals surface area contributed by atoms with Crippen molar-refractivity contribution in [2.24, 2.45) is 0 Å². The molecule has 1 aromatic carbocycles. The molecule has 0 aliphatic rings. The van der Waals surface area contributed by atoms with Crippen LogP contribution in [0.15, 0.2) is 18.2 Å². The van der Waals surface area contributed by atoms with E-state index < -0.39 is 40.6 Å². The van der Waals surface area contributed by atoms with E-state index in [2.05, 4.69) is 5.32 Å². The van der Waals surface area contributed by atoms with E-state index in [1.54, 1.807) is 6.92 Å². The van der Waals surface area contributed by atoms with Gasteiger partial charge in [-0.25, -0.2) is 4.79 Å². The van der Waals surface area contributed by atoms with Gasteiger partial charge in [-0.1, -0.05) is 11.8 Å². The van der Waals surface area contributed by atoms with Crippen molar-refractivity contribution in [3.63, 3.8) is 0 Å². The third kappa shape index (κ3) is 6.93. The van der Waals surface area contributed by atoms with Crippen molar-refractivity contribution in [2.45, 2.75) is 26.1 Å². The molecule has 0 aliphatic carbocycles. The Morgan fingerprint density at radius 1 is 1.30 bits per heavy atom. The Morgan fingerprint density at radius 2 is 1.96 bits per heavy atom. The van der Waals surface area contributed by atoms with Crippen LogP contribution in [0.5, 0.6) is 5.75 Å². The number of esters is 2. The number of benzene rings is 1. The van der Waals surface area contributed by atoms with Gasteiger partial charge in [0.05, 0.1) is 17.7 Å². The zero-order chi connectivity index (χ0) is 20.6. The summed E-state index contributed by atoms with van der Waals surface area (Å²) in [6.45, 7) is 2.60. The van der Waals surface area contributed by atoms with E-state index in [4.69, 9.17) is 9.47 Å². The van der Waals surface area contributed by atoms with Gasteiger partial charge in [-0.3, -0.25) is 14.4 Å². The molecule has 0 aromatic heterocycles. The van der Waals surface area contributed by atoms with E-state index in [1.807, 2.05) is 0 Å². The molecule has 0 heterocycles. The number of alkyl halides is 3. The van der Waals surface area contributed by atoms with E-state index in [0.717, 1.165) is 13.0 Å². The molecule has 0 saturated heterocycles. The van der Waals surface area contributed by atoms with Gasteiger partial charge in [0.15, 0.2) is 0 Å². The van der Waals surface area contributed by atoms with Gasteiger partial charge in [-0.15, -0.1) is 0 Å². The molecular formula is C16H16F3NO6S. The van der Waals surface area contributed by atoms with Crippen LogP contribution in [0.1, 0.15) is 29.8 Å². The highest BCUT2D eigenvalue weighted by Crippen LogP contribution is 2.34. The predicted octanol–water partition coefficient (Wildman–Crippen LogP) is 2.18. The first kappa shape index (κ1) is 22.5. The van der Waals surface area contributed by atoms with Gasteiger partial charge in [0.2, 0.25) is 11.5 Å². The Bertz CT molecular complexity index is 723. The van der Waals surface area contributed by atoms with Crippen LogP contribution < -0.4 is 10.1 Å². The lowest BCUT2D eigenvalue weighted by molar-refractivity contribution is -0.145. The molecule has 0 fully saturated rings. The topological polar surface area (TPSA) is 98.8 Å². The lowest BCUT2D eigenvalue weighted by Crippen LogP contribution is -2.39. The van der Waals surface area contributed by atoms with Crippen LogP contribution in [0.2, 0.25) is 0 Å². The van der Waals surface area contributed by atoms with Gasteiger partial charge in [0.25, 0.3) is 0 Å². The molecule has 148 valence electrons.